The molecule has 5 heteroatoms. The minimum atomic E-state index is -0.486. The largest absolute Gasteiger partial charge is 0.366 e. The first-order chi connectivity index (χ1) is 12.5. The lowest BCUT2D eigenvalue weighted by molar-refractivity contribution is 0.0951. The summed E-state index contributed by atoms with van der Waals surface area (Å²) < 4.78 is 0. The quantitative estimate of drug-likeness (QED) is 0.742. The number of carbonyl (C=O) groups excluding carboxylic acids is 2. The number of amides is 2. The summed E-state index contributed by atoms with van der Waals surface area (Å²) >= 11 is 0. The Morgan fingerprint density at radius 1 is 1.08 bits per heavy atom. The zero-order valence-corrected chi connectivity index (χ0v) is 14.8. The van der Waals surface area contributed by atoms with E-state index in [1.807, 2.05) is 50.2 Å². The second-order valence-electron chi connectivity index (χ2n) is 6.51. The number of hydrogen-bond acceptors (Lipinski definition) is 3. The molecule has 0 bridgehead atoms. The zero-order chi connectivity index (χ0) is 18.7. The highest BCUT2D eigenvalue weighted by Gasteiger charge is 2.14. The summed E-state index contributed by atoms with van der Waals surface area (Å²) in [4.78, 5) is 28.7. The average Bonchev–Trinajstić information content (AvgIpc) is 2.65. The van der Waals surface area contributed by atoms with E-state index in [-0.39, 0.29) is 11.8 Å². The van der Waals surface area contributed by atoms with E-state index in [1.165, 1.54) is 0 Å². The van der Waals surface area contributed by atoms with Gasteiger partial charge in [0, 0.05) is 23.2 Å². The molecule has 1 heterocycles. The van der Waals surface area contributed by atoms with Crippen LogP contribution in [0.4, 0.5) is 0 Å². The Labute approximate surface area is 152 Å². The van der Waals surface area contributed by atoms with Gasteiger partial charge < -0.3 is 11.1 Å². The number of pyridine rings is 1. The molecule has 0 radical (unpaired) electrons. The Hall–Kier alpha value is -3.21. The number of aromatic nitrogens is 1. The van der Waals surface area contributed by atoms with E-state index in [0.29, 0.717) is 17.7 Å². The van der Waals surface area contributed by atoms with Crippen molar-refractivity contribution in [2.45, 2.75) is 26.3 Å². The van der Waals surface area contributed by atoms with E-state index in [9.17, 15) is 9.59 Å². The fourth-order valence-corrected chi connectivity index (χ4v) is 2.79. The number of nitrogens with two attached hydrogens (primary N) is 1. The molecule has 1 aromatic heterocycles. The smallest absolute Gasteiger partial charge is 0.252 e. The molecule has 2 aromatic carbocycles. The van der Waals surface area contributed by atoms with Gasteiger partial charge in [-0.1, -0.05) is 44.2 Å². The fraction of sp³-hybridized carbons (Fsp3) is 0.190. The molecular formula is C21H21N3O2. The van der Waals surface area contributed by atoms with Gasteiger partial charge in [0.05, 0.1) is 11.1 Å². The monoisotopic (exact) mass is 347 g/mol. The SMILES string of the molecule is CC(C)c1cc(C(=O)NCc2cccc(C(N)=O)c2)c2ccccc2n1. The summed E-state index contributed by atoms with van der Waals surface area (Å²) in [5.41, 5.74) is 8.83. The fourth-order valence-electron chi connectivity index (χ4n) is 2.79. The van der Waals surface area contributed by atoms with Crippen LogP contribution < -0.4 is 11.1 Å². The first-order valence-corrected chi connectivity index (χ1v) is 8.52. The Morgan fingerprint density at radius 2 is 1.85 bits per heavy atom. The van der Waals surface area contributed by atoms with E-state index in [4.69, 9.17) is 5.73 Å². The maximum absolute atomic E-state index is 12.8. The van der Waals surface area contributed by atoms with Crippen LogP contribution in [0.25, 0.3) is 10.9 Å². The number of rotatable bonds is 5. The maximum Gasteiger partial charge on any atom is 0.252 e. The van der Waals surface area contributed by atoms with Gasteiger partial charge in [0.25, 0.3) is 5.91 Å². The molecule has 0 saturated carbocycles. The number of carbonyl (C=O) groups is 2. The van der Waals surface area contributed by atoms with Crippen LogP contribution in [0.1, 0.15) is 51.7 Å². The van der Waals surface area contributed by atoms with Gasteiger partial charge in [-0.3, -0.25) is 14.6 Å². The molecule has 3 aromatic rings. The molecule has 0 unspecified atom stereocenters. The third-order valence-corrected chi connectivity index (χ3v) is 4.24. The summed E-state index contributed by atoms with van der Waals surface area (Å²) in [6.07, 6.45) is 0. The van der Waals surface area contributed by atoms with Gasteiger partial charge in [-0.05, 0) is 35.7 Å². The predicted molar refractivity (Wildman–Crippen MR) is 102 cm³/mol. The van der Waals surface area contributed by atoms with Crippen LogP contribution in [0, 0.1) is 0 Å². The van der Waals surface area contributed by atoms with Crippen LogP contribution in [-0.2, 0) is 6.54 Å². The summed E-state index contributed by atoms with van der Waals surface area (Å²) in [6, 6.07) is 16.4. The Kier molecular flexibility index (Phi) is 4.98. The molecule has 132 valence electrons. The molecule has 0 atom stereocenters. The van der Waals surface area contributed by atoms with Crippen molar-refractivity contribution < 1.29 is 9.59 Å². The number of primary amides is 1. The van der Waals surface area contributed by atoms with Crippen molar-refractivity contribution >= 4 is 22.7 Å². The topological polar surface area (TPSA) is 85.1 Å². The van der Waals surface area contributed by atoms with E-state index >= 15 is 0 Å². The molecule has 3 N–H and O–H groups in total. The number of fused-ring (bicyclic) bond motifs is 1. The van der Waals surface area contributed by atoms with Crippen LogP contribution in [0.15, 0.2) is 54.6 Å². The Balaban J connectivity index is 1.88. The lowest BCUT2D eigenvalue weighted by atomic mass is 10.0. The minimum absolute atomic E-state index is 0.171. The normalized spacial score (nSPS) is 10.9. The van der Waals surface area contributed by atoms with Crippen LogP contribution in [0.3, 0.4) is 0 Å². The molecular weight excluding hydrogens is 326 g/mol. The number of nitrogens with zero attached hydrogens (tertiary/aromatic N) is 1. The maximum atomic E-state index is 12.8. The first-order valence-electron chi connectivity index (χ1n) is 8.52. The van der Waals surface area contributed by atoms with Crippen molar-refractivity contribution in [3.05, 3.63) is 77.0 Å². The van der Waals surface area contributed by atoms with E-state index in [0.717, 1.165) is 22.2 Å². The standard InChI is InChI=1S/C21H21N3O2/c1-13(2)19-11-17(16-8-3-4-9-18(16)24-19)21(26)23-12-14-6-5-7-15(10-14)20(22)25/h3-11,13H,12H2,1-2H3,(H2,22,25)(H,23,26). The molecule has 0 aliphatic carbocycles. The van der Waals surface area contributed by atoms with Crippen molar-refractivity contribution in [1.29, 1.82) is 0 Å². The highest BCUT2D eigenvalue weighted by Crippen LogP contribution is 2.22. The van der Waals surface area contributed by atoms with Crippen LogP contribution in [-0.4, -0.2) is 16.8 Å². The molecule has 0 saturated heterocycles. The summed E-state index contributed by atoms with van der Waals surface area (Å²) in [6.45, 7) is 4.41. The lowest BCUT2D eigenvalue weighted by Gasteiger charge is -2.12. The van der Waals surface area contributed by atoms with Crippen molar-refractivity contribution in [3.8, 4) is 0 Å². The minimum Gasteiger partial charge on any atom is -0.366 e. The van der Waals surface area contributed by atoms with Crippen molar-refractivity contribution in [3.63, 3.8) is 0 Å². The van der Waals surface area contributed by atoms with Gasteiger partial charge in [-0.15, -0.1) is 0 Å². The number of hydrogen-bond donors (Lipinski definition) is 2. The third kappa shape index (κ3) is 3.72. The van der Waals surface area contributed by atoms with Gasteiger partial charge in [-0.2, -0.15) is 0 Å². The summed E-state index contributed by atoms with van der Waals surface area (Å²) in [5, 5.41) is 3.74. The van der Waals surface area contributed by atoms with Crippen LogP contribution >= 0.6 is 0 Å². The Morgan fingerprint density at radius 3 is 2.58 bits per heavy atom. The molecule has 5 nitrogen and oxygen atoms in total. The molecule has 0 fully saturated rings. The third-order valence-electron chi connectivity index (χ3n) is 4.24. The summed E-state index contributed by atoms with van der Waals surface area (Å²) in [7, 11) is 0. The highest BCUT2D eigenvalue weighted by atomic mass is 16.2. The van der Waals surface area contributed by atoms with Gasteiger partial charge in [0.1, 0.15) is 0 Å². The zero-order valence-electron chi connectivity index (χ0n) is 14.8. The molecule has 0 spiro atoms. The van der Waals surface area contributed by atoms with Crippen molar-refractivity contribution in [2.24, 2.45) is 5.73 Å². The molecule has 2 amide bonds. The predicted octanol–water partition coefficient (Wildman–Crippen LogP) is 3.39. The average molecular weight is 347 g/mol. The lowest BCUT2D eigenvalue weighted by Crippen LogP contribution is -2.24. The van der Waals surface area contributed by atoms with E-state index in [1.54, 1.807) is 18.2 Å². The molecule has 0 aliphatic rings. The highest BCUT2D eigenvalue weighted by molar-refractivity contribution is 6.06. The molecule has 0 aliphatic heterocycles. The second kappa shape index (κ2) is 7.35. The van der Waals surface area contributed by atoms with Gasteiger partial charge in [0.15, 0.2) is 0 Å². The van der Waals surface area contributed by atoms with Gasteiger partial charge >= 0.3 is 0 Å². The number of benzene rings is 2. The van der Waals surface area contributed by atoms with E-state index < -0.39 is 5.91 Å². The van der Waals surface area contributed by atoms with Gasteiger partial charge in [0.2, 0.25) is 5.91 Å². The molecule has 3 rings (SSSR count). The second-order valence-corrected chi connectivity index (χ2v) is 6.51. The van der Waals surface area contributed by atoms with Crippen LogP contribution in [0.5, 0.6) is 0 Å². The van der Waals surface area contributed by atoms with Gasteiger partial charge in [-0.25, -0.2) is 0 Å². The number of nitrogens with one attached hydrogen (secondary N) is 1. The first kappa shape index (κ1) is 17.6. The Bertz CT molecular complexity index is 980. The van der Waals surface area contributed by atoms with Crippen molar-refractivity contribution in [1.82, 2.24) is 10.3 Å². The summed E-state index contributed by atoms with van der Waals surface area (Å²) in [5.74, 6) is -0.437. The van der Waals surface area contributed by atoms with E-state index in [2.05, 4.69) is 10.3 Å². The van der Waals surface area contributed by atoms with Crippen molar-refractivity contribution in [2.75, 3.05) is 0 Å². The number of para-hydroxylation sites is 1. The molecule has 26 heavy (non-hydrogen) atoms. The van der Waals surface area contributed by atoms with Crippen LogP contribution in [0.2, 0.25) is 0 Å².